The first-order valence-electron chi connectivity index (χ1n) is 6.97. The van der Waals surface area contributed by atoms with E-state index in [2.05, 4.69) is 55.2 Å². The highest BCUT2D eigenvalue weighted by atomic mass is 16.1. The van der Waals surface area contributed by atoms with Crippen molar-refractivity contribution in [1.82, 2.24) is 5.32 Å². The SMILES string of the molecule is C=C/C=C\C/C=C(\CC)c1ccc(CNC(C)=O)cc1. The molecule has 2 nitrogen and oxygen atoms in total. The molecule has 0 unspecified atom stereocenters. The second kappa shape index (κ2) is 8.92. The maximum absolute atomic E-state index is 10.9. The van der Waals surface area contributed by atoms with Crippen molar-refractivity contribution in [3.05, 3.63) is 66.3 Å². The van der Waals surface area contributed by atoms with Crippen molar-refractivity contribution < 1.29 is 4.79 Å². The van der Waals surface area contributed by atoms with Gasteiger partial charge >= 0.3 is 0 Å². The van der Waals surface area contributed by atoms with Crippen LogP contribution in [0.15, 0.2) is 55.1 Å². The third-order valence-corrected chi connectivity index (χ3v) is 3.02. The number of allylic oxidation sites excluding steroid dienone is 5. The number of hydrogen-bond acceptors (Lipinski definition) is 1. The van der Waals surface area contributed by atoms with E-state index >= 15 is 0 Å². The van der Waals surface area contributed by atoms with E-state index in [1.54, 1.807) is 6.08 Å². The predicted molar refractivity (Wildman–Crippen MR) is 86.2 cm³/mol. The fourth-order valence-electron chi connectivity index (χ4n) is 1.91. The summed E-state index contributed by atoms with van der Waals surface area (Å²) in [5, 5.41) is 2.80. The Labute approximate surface area is 121 Å². The zero-order valence-corrected chi connectivity index (χ0v) is 12.4. The van der Waals surface area contributed by atoms with Crippen molar-refractivity contribution in [3.8, 4) is 0 Å². The number of nitrogens with one attached hydrogen (secondary N) is 1. The summed E-state index contributed by atoms with van der Waals surface area (Å²) in [6.45, 7) is 7.94. The Morgan fingerprint density at radius 1 is 1.30 bits per heavy atom. The minimum atomic E-state index is -0.00257. The van der Waals surface area contributed by atoms with Gasteiger partial charge in [-0.1, -0.05) is 62.1 Å². The van der Waals surface area contributed by atoms with Gasteiger partial charge in [-0.25, -0.2) is 0 Å². The summed E-state index contributed by atoms with van der Waals surface area (Å²) in [5.41, 5.74) is 3.70. The van der Waals surface area contributed by atoms with Gasteiger partial charge in [-0.3, -0.25) is 4.79 Å². The molecule has 0 saturated heterocycles. The summed E-state index contributed by atoms with van der Waals surface area (Å²) in [7, 11) is 0. The van der Waals surface area contributed by atoms with Gasteiger partial charge in [0, 0.05) is 13.5 Å². The molecule has 1 amide bonds. The Bertz CT molecular complexity index is 495. The predicted octanol–water partition coefficient (Wildman–Crippen LogP) is 4.25. The molecule has 2 heteroatoms. The van der Waals surface area contributed by atoms with Crippen LogP contribution in [0.25, 0.3) is 5.57 Å². The highest BCUT2D eigenvalue weighted by Gasteiger charge is 2.00. The molecular formula is C18H23NO. The van der Waals surface area contributed by atoms with Crippen LogP contribution in [-0.2, 0) is 11.3 Å². The highest BCUT2D eigenvalue weighted by Crippen LogP contribution is 2.19. The maximum atomic E-state index is 10.9. The lowest BCUT2D eigenvalue weighted by molar-refractivity contribution is -0.119. The zero-order valence-electron chi connectivity index (χ0n) is 12.4. The van der Waals surface area contributed by atoms with Crippen LogP contribution in [0.3, 0.4) is 0 Å². The minimum Gasteiger partial charge on any atom is -0.352 e. The normalized spacial score (nSPS) is 11.6. The first kappa shape index (κ1) is 16.0. The van der Waals surface area contributed by atoms with Gasteiger partial charge in [-0.2, -0.15) is 0 Å². The van der Waals surface area contributed by atoms with Crippen molar-refractivity contribution in [2.45, 2.75) is 33.2 Å². The lowest BCUT2D eigenvalue weighted by Crippen LogP contribution is -2.18. The van der Waals surface area contributed by atoms with Gasteiger partial charge in [0.15, 0.2) is 0 Å². The van der Waals surface area contributed by atoms with Crippen LogP contribution < -0.4 is 5.32 Å². The molecule has 0 aliphatic rings. The van der Waals surface area contributed by atoms with Crippen molar-refractivity contribution >= 4 is 11.5 Å². The first-order valence-corrected chi connectivity index (χ1v) is 6.97. The standard InChI is InChI=1S/C18H23NO/c1-4-6-7-8-9-17(5-2)18-12-10-16(11-13-18)14-19-15(3)20/h4,6-7,9-13H,1,5,8,14H2,2-3H3,(H,19,20)/b7-6-,17-9+. The van der Waals surface area contributed by atoms with E-state index in [-0.39, 0.29) is 5.91 Å². The summed E-state index contributed by atoms with van der Waals surface area (Å²) in [4.78, 5) is 10.9. The summed E-state index contributed by atoms with van der Waals surface area (Å²) in [6, 6.07) is 8.36. The van der Waals surface area contributed by atoms with E-state index in [0.717, 1.165) is 18.4 Å². The molecule has 0 heterocycles. The van der Waals surface area contributed by atoms with Gasteiger partial charge in [-0.15, -0.1) is 0 Å². The van der Waals surface area contributed by atoms with Crippen molar-refractivity contribution in [1.29, 1.82) is 0 Å². The van der Waals surface area contributed by atoms with Crippen molar-refractivity contribution in [3.63, 3.8) is 0 Å². The van der Waals surface area contributed by atoms with E-state index in [0.29, 0.717) is 6.54 Å². The lowest BCUT2D eigenvalue weighted by Gasteiger charge is -2.07. The first-order chi connectivity index (χ1) is 9.67. The molecule has 106 valence electrons. The maximum Gasteiger partial charge on any atom is 0.217 e. The lowest BCUT2D eigenvalue weighted by atomic mass is 10.0. The number of carbonyl (C=O) groups excluding carboxylic acids is 1. The van der Waals surface area contributed by atoms with Gasteiger partial charge in [-0.05, 0) is 29.5 Å². The van der Waals surface area contributed by atoms with Crippen LogP contribution in [-0.4, -0.2) is 5.91 Å². The molecule has 0 saturated carbocycles. The van der Waals surface area contributed by atoms with Crippen molar-refractivity contribution in [2.24, 2.45) is 0 Å². The molecule has 0 aromatic heterocycles. The van der Waals surface area contributed by atoms with Crippen LogP contribution in [0.4, 0.5) is 0 Å². The number of rotatable bonds is 7. The second-order valence-electron chi connectivity index (χ2n) is 4.59. The van der Waals surface area contributed by atoms with E-state index in [9.17, 15) is 4.79 Å². The topological polar surface area (TPSA) is 29.1 Å². The largest absolute Gasteiger partial charge is 0.352 e. The summed E-state index contributed by atoms with van der Waals surface area (Å²) < 4.78 is 0. The van der Waals surface area contributed by atoms with Crippen molar-refractivity contribution in [2.75, 3.05) is 0 Å². The number of benzene rings is 1. The minimum absolute atomic E-state index is 0.00257. The third kappa shape index (κ3) is 5.70. The molecule has 1 rings (SSSR count). The molecular weight excluding hydrogens is 246 g/mol. The molecule has 1 N–H and O–H groups in total. The van der Waals surface area contributed by atoms with Gasteiger partial charge in [0.2, 0.25) is 5.91 Å². The smallest absolute Gasteiger partial charge is 0.217 e. The molecule has 0 aliphatic carbocycles. The Balaban J connectivity index is 2.71. The number of amides is 1. The molecule has 0 aliphatic heterocycles. The summed E-state index contributed by atoms with van der Waals surface area (Å²) >= 11 is 0. The average Bonchev–Trinajstić information content (AvgIpc) is 2.46. The molecule has 0 bridgehead atoms. The molecule has 0 fully saturated rings. The molecule has 0 radical (unpaired) electrons. The van der Waals surface area contributed by atoms with Gasteiger partial charge < -0.3 is 5.32 Å². The highest BCUT2D eigenvalue weighted by molar-refractivity contribution is 5.72. The fourth-order valence-corrected chi connectivity index (χ4v) is 1.91. The van der Waals surface area contributed by atoms with Gasteiger partial charge in [0.05, 0.1) is 0 Å². The molecule has 0 atom stereocenters. The monoisotopic (exact) mass is 269 g/mol. The van der Waals surface area contributed by atoms with E-state index < -0.39 is 0 Å². The second-order valence-corrected chi connectivity index (χ2v) is 4.59. The van der Waals surface area contributed by atoms with E-state index in [4.69, 9.17) is 0 Å². The third-order valence-electron chi connectivity index (χ3n) is 3.02. The fraction of sp³-hybridized carbons (Fsp3) is 0.278. The summed E-state index contributed by atoms with van der Waals surface area (Å²) in [6.07, 6.45) is 10.0. The Hall–Kier alpha value is -2.09. The molecule has 0 spiro atoms. The number of hydrogen-bond donors (Lipinski definition) is 1. The zero-order chi connectivity index (χ0) is 14.8. The average molecular weight is 269 g/mol. The Morgan fingerprint density at radius 3 is 2.55 bits per heavy atom. The summed E-state index contributed by atoms with van der Waals surface area (Å²) in [5.74, 6) is -0.00257. The Morgan fingerprint density at radius 2 is 2.00 bits per heavy atom. The van der Waals surface area contributed by atoms with Gasteiger partial charge in [0.25, 0.3) is 0 Å². The number of carbonyl (C=O) groups is 1. The van der Waals surface area contributed by atoms with Crippen LogP contribution in [0, 0.1) is 0 Å². The van der Waals surface area contributed by atoms with E-state index in [1.807, 2.05) is 6.08 Å². The van der Waals surface area contributed by atoms with Crippen LogP contribution >= 0.6 is 0 Å². The molecule has 1 aromatic carbocycles. The van der Waals surface area contributed by atoms with Crippen LogP contribution in [0.2, 0.25) is 0 Å². The molecule has 20 heavy (non-hydrogen) atoms. The van der Waals surface area contributed by atoms with Crippen LogP contribution in [0.1, 0.15) is 37.8 Å². The van der Waals surface area contributed by atoms with Crippen LogP contribution in [0.5, 0.6) is 0 Å². The Kier molecular flexibility index (Phi) is 7.12. The molecule has 1 aromatic rings. The quantitative estimate of drug-likeness (QED) is 0.737. The van der Waals surface area contributed by atoms with E-state index in [1.165, 1.54) is 18.1 Å². The van der Waals surface area contributed by atoms with Gasteiger partial charge in [0.1, 0.15) is 0 Å².